The molecular formula is C22H23NO5. The number of nitrogens with zero attached hydrogens (tertiary/aromatic N) is 1. The summed E-state index contributed by atoms with van der Waals surface area (Å²) >= 11 is 0. The minimum absolute atomic E-state index is 0.0806. The summed E-state index contributed by atoms with van der Waals surface area (Å²) in [7, 11) is 1.61. The third-order valence-electron chi connectivity index (χ3n) is 4.05. The lowest BCUT2D eigenvalue weighted by atomic mass is 10.2. The molecule has 6 nitrogen and oxygen atoms in total. The molecule has 3 rings (SSSR count). The van der Waals surface area contributed by atoms with Gasteiger partial charge in [-0.2, -0.15) is 0 Å². The van der Waals surface area contributed by atoms with Gasteiger partial charge in [-0.25, -0.2) is 4.98 Å². The fourth-order valence-corrected chi connectivity index (χ4v) is 2.58. The van der Waals surface area contributed by atoms with Gasteiger partial charge in [-0.05, 0) is 55.3 Å². The van der Waals surface area contributed by atoms with Crippen molar-refractivity contribution in [1.82, 2.24) is 4.98 Å². The average Bonchev–Trinajstić information content (AvgIpc) is 3.19. The molecule has 0 unspecified atom stereocenters. The van der Waals surface area contributed by atoms with E-state index in [9.17, 15) is 4.79 Å². The molecule has 0 radical (unpaired) electrons. The van der Waals surface area contributed by atoms with Crippen molar-refractivity contribution < 1.29 is 23.4 Å². The topological polar surface area (TPSA) is 70.8 Å². The summed E-state index contributed by atoms with van der Waals surface area (Å²) in [4.78, 5) is 16.2. The molecule has 3 aromatic rings. The number of aryl methyl sites for hydroxylation is 1. The molecule has 2 aromatic carbocycles. The van der Waals surface area contributed by atoms with Crippen LogP contribution in [0.4, 0.5) is 0 Å². The van der Waals surface area contributed by atoms with E-state index in [4.69, 9.17) is 18.6 Å². The Morgan fingerprint density at radius 2 is 1.93 bits per heavy atom. The van der Waals surface area contributed by atoms with Crippen LogP contribution in [0.3, 0.4) is 0 Å². The molecule has 0 aliphatic heterocycles. The molecule has 0 amide bonds. The number of methoxy groups -OCH3 is 1. The highest BCUT2D eigenvalue weighted by Crippen LogP contribution is 2.22. The van der Waals surface area contributed by atoms with Gasteiger partial charge in [0.1, 0.15) is 30.1 Å². The molecule has 1 heterocycles. The third kappa shape index (κ3) is 5.61. The Balaban J connectivity index is 1.39. The predicted molar refractivity (Wildman–Crippen MR) is 104 cm³/mol. The van der Waals surface area contributed by atoms with Gasteiger partial charge in [0, 0.05) is 12.0 Å². The smallest absolute Gasteiger partial charge is 0.306 e. The van der Waals surface area contributed by atoms with Gasteiger partial charge in [0.15, 0.2) is 0 Å². The van der Waals surface area contributed by atoms with Crippen molar-refractivity contribution in [2.24, 2.45) is 0 Å². The van der Waals surface area contributed by atoms with Gasteiger partial charge < -0.3 is 18.6 Å². The van der Waals surface area contributed by atoms with Crippen LogP contribution in [0.25, 0.3) is 11.5 Å². The number of hydrogen-bond donors (Lipinski definition) is 0. The Morgan fingerprint density at radius 3 is 2.68 bits per heavy atom. The normalized spacial score (nSPS) is 10.5. The summed E-state index contributed by atoms with van der Waals surface area (Å²) in [6.07, 6.45) is 2.37. The first-order valence-corrected chi connectivity index (χ1v) is 9.08. The summed E-state index contributed by atoms with van der Waals surface area (Å²) in [5.74, 6) is 1.75. The van der Waals surface area contributed by atoms with Crippen molar-refractivity contribution in [2.45, 2.75) is 26.4 Å². The number of aromatic nitrogens is 1. The summed E-state index contributed by atoms with van der Waals surface area (Å²) in [6, 6.07) is 15.2. The molecule has 0 spiro atoms. The van der Waals surface area contributed by atoms with Crippen LogP contribution in [-0.2, 0) is 16.1 Å². The number of esters is 1. The first-order valence-electron chi connectivity index (χ1n) is 9.08. The van der Waals surface area contributed by atoms with Gasteiger partial charge in [-0.15, -0.1) is 0 Å². The van der Waals surface area contributed by atoms with Crippen molar-refractivity contribution in [3.63, 3.8) is 0 Å². The molecule has 146 valence electrons. The zero-order chi connectivity index (χ0) is 19.8. The lowest BCUT2D eigenvalue weighted by molar-refractivity contribution is -0.145. The maximum atomic E-state index is 11.9. The summed E-state index contributed by atoms with van der Waals surface area (Å²) < 4.78 is 21.5. The standard InChI is InChI=1S/C22H23NO5/c1-16-5-3-6-20(13-16)26-12-4-7-21(24)27-14-18-15-28-22(23-18)17-8-10-19(25-2)11-9-17/h3,5-6,8-11,13,15H,4,7,12,14H2,1-2H3. The van der Waals surface area contributed by atoms with Crippen LogP contribution >= 0.6 is 0 Å². The zero-order valence-corrected chi connectivity index (χ0v) is 16.0. The number of oxazole rings is 1. The lowest BCUT2D eigenvalue weighted by Gasteiger charge is -2.06. The quantitative estimate of drug-likeness (QED) is 0.400. The molecule has 28 heavy (non-hydrogen) atoms. The SMILES string of the molecule is COc1ccc(-c2nc(COC(=O)CCCOc3cccc(C)c3)co2)cc1. The van der Waals surface area contributed by atoms with E-state index in [2.05, 4.69) is 4.98 Å². The molecule has 0 fully saturated rings. The van der Waals surface area contributed by atoms with E-state index >= 15 is 0 Å². The van der Waals surface area contributed by atoms with E-state index < -0.39 is 0 Å². The molecule has 0 aliphatic carbocycles. The zero-order valence-electron chi connectivity index (χ0n) is 16.0. The number of benzene rings is 2. The third-order valence-corrected chi connectivity index (χ3v) is 4.05. The Labute approximate surface area is 164 Å². The molecule has 6 heteroatoms. The van der Waals surface area contributed by atoms with Crippen LogP contribution in [0.2, 0.25) is 0 Å². The van der Waals surface area contributed by atoms with Crippen LogP contribution in [0.15, 0.2) is 59.2 Å². The van der Waals surface area contributed by atoms with E-state index in [1.807, 2.05) is 55.5 Å². The van der Waals surface area contributed by atoms with Crippen molar-refractivity contribution in [3.05, 3.63) is 66.1 Å². The molecule has 0 saturated carbocycles. The van der Waals surface area contributed by atoms with Gasteiger partial charge in [0.05, 0.1) is 13.7 Å². The minimum atomic E-state index is -0.290. The number of ether oxygens (including phenoxy) is 3. The monoisotopic (exact) mass is 381 g/mol. The van der Waals surface area contributed by atoms with Gasteiger partial charge in [0.2, 0.25) is 5.89 Å². The second-order valence-corrected chi connectivity index (χ2v) is 6.30. The van der Waals surface area contributed by atoms with E-state index in [1.165, 1.54) is 6.26 Å². The van der Waals surface area contributed by atoms with Gasteiger partial charge in [-0.3, -0.25) is 4.79 Å². The fourth-order valence-electron chi connectivity index (χ4n) is 2.58. The van der Waals surface area contributed by atoms with Crippen molar-refractivity contribution in [2.75, 3.05) is 13.7 Å². The highest BCUT2D eigenvalue weighted by atomic mass is 16.5. The maximum absolute atomic E-state index is 11.9. The first kappa shape index (κ1) is 19.5. The molecule has 0 bridgehead atoms. The largest absolute Gasteiger partial charge is 0.497 e. The van der Waals surface area contributed by atoms with E-state index in [0.717, 1.165) is 22.6 Å². The highest BCUT2D eigenvalue weighted by molar-refractivity contribution is 5.69. The van der Waals surface area contributed by atoms with Gasteiger partial charge in [-0.1, -0.05) is 12.1 Å². The lowest BCUT2D eigenvalue weighted by Crippen LogP contribution is -2.07. The Bertz CT molecular complexity index is 901. The van der Waals surface area contributed by atoms with Gasteiger partial charge in [0.25, 0.3) is 0 Å². The second kappa shape index (κ2) is 9.60. The van der Waals surface area contributed by atoms with Crippen LogP contribution in [0.1, 0.15) is 24.1 Å². The Kier molecular flexibility index (Phi) is 6.68. The van der Waals surface area contributed by atoms with Crippen LogP contribution in [0, 0.1) is 6.92 Å². The maximum Gasteiger partial charge on any atom is 0.306 e. The van der Waals surface area contributed by atoms with Gasteiger partial charge >= 0.3 is 5.97 Å². The summed E-state index contributed by atoms with van der Waals surface area (Å²) in [6.45, 7) is 2.55. The van der Waals surface area contributed by atoms with Crippen LogP contribution in [0.5, 0.6) is 11.5 Å². The highest BCUT2D eigenvalue weighted by Gasteiger charge is 2.10. The average molecular weight is 381 g/mol. The van der Waals surface area contributed by atoms with Crippen LogP contribution in [-0.4, -0.2) is 24.7 Å². The van der Waals surface area contributed by atoms with Crippen molar-refractivity contribution in [3.8, 4) is 23.0 Å². The second-order valence-electron chi connectivity index (χ2n) is 6.30. The summed E-state index contributed by atoms with van der Waals surface area (Å²) in [5.41, 5.74) is 2.53. The molecule has 0 atom stereocenters. The Morgan fingerprint density at radius 1 is 1.11 bits per heavy atom. The number of carbonyl (C=O) groups is 1. The van der Waals surface area contributed by atoms with E-state index in [0.29, 0.717) is 24.6 Å². The predicted octanol–water partition coefficient (Wildman–Crippen LogP) is 4.56. The van der Waals surface area contributed by atoms with E-state index in [1.54, 1.807) is 7.11 Å². The molecule has 1 aromatic heterocycles. The first-order chi connectivity index (χ1) is 13.6. The van der Waals surface area contributed by atoms with Crippen molar-refractivity contribution in [1.29, 1.82) is 0 Å². The number of hydrogen-bond acceptors (Lipinski definition) is 6. The molecule has 0 saturated heterocycles. The number of rotatable bonds is 9. The molecular weight excluding hydrogens is 358 g/mol. The van der Waals surface area contributed by atoms with E-state index in [-0.39, 0.29) is 19.0 Å². The Hall–Kier alpha value is -3.28. The summed E-state index contributed by atoms with van der Waals surface area (Å²) in [5, 5.41) is 0. The number of carbonyl (C=O) groups excluding carboxylic acids is 1. The van der Waals surface area contributed by atoms with Crippen LogP contribution < -0.4 is 9.47 Å². The minimum Gasteiger partial charge on any atom is -0.497 e. The van der Waals surface area contributed by atoms with Crippen molar-refractivity contribution >= 4 is 5.97 Å². The fraction of sp³-hybridized carbons (Fsp3) is 0.273. The molecule has 0 N–H and O–H groups in total. The molecule has 0 aliphatic rings.